The molecule has 0 spiro atoms. The Bertz CT molecular complexity index is 1400. The Morgan fingerprint density at radius 3 is 2.72 bits per heavy atom. The number of carbonyl (C=O) groups excluding carboxylic acids is 3. The molecule has 1 aliphatic carbocycles. The van der Waals surface area contributed by atoms with Gasteiger partial charge in [-0.2, -0.15) is 0 Å². The van der Waals surface area contributed by atoms with Gasteiger partial charge in [0.25, 0.3) is 5.91 Å². The molecule has 9 nitrogen and oxygen atoms in total. The maximum atomic E-state index is 13.2. The van der Waals surface area contributed by atoms with Crippen LogP contribution in [0.15, 0.2) is 42.5 Å². The highest BCUT2D eigenvalue weighted by molar-refractivity contribution is 6.07. The highest BCUT2D eigenvalue weighted by Gasteiger charge is 2.28. The van der Waals surface area contributed by atoms with Crippen LogP contribution < -0.4 is 20.1 Å². The van der Waals surface area contributed by atoms with Gasteiger partial charge in [0, 0.05) is 11.9 Å². The predicted octanol–water partition coefficient (Wildman–Crippen LogP) is 2.86. The maximum Gasteiger partial charge on any atom is 0.339 e. The van der Waals surface area contributed by atoms with Gasteiger partial charge in [0.1, 0.15) is 0 Å². The Morgan fingerprint density at radius 1 is 1.03 bits per heavy atom. The molecule has 3 aromatic rings. The van der Waals surface area contributed by atoms with E-state index in [1.54, 1.807) is 6.92 Å². The van der Waals surface area contributed by atoms with Crippen LogP contribution in [-0.4, -0.2) is 49.3 Å². The van der Waals surface area contributed by atoms with Crippen LogP contribution in [0.5, 0.6) is 11.5 Å². The second-order valence-electron chi connectivity index (χ2n) is 8.42. The molecule has 0 radical (unpaired) electrons. The van der Waals surface area contributed by atoms with Crippen molar-refractivity contribution < 1.29 is 28.6 Å². The predicted molar refractivity (Wildman–Crippen MR) is 132 cm³/mol. The number of rotatable bonds is 7. The van der Waals surface area contributed by atoms with E-state index in [0.29, 0.717) is 47.4 Å². The summed E-state index contributed by atoms with van der Waals surface area (Å²) in [5, 5.41) is 5.71. The summed E-state index contributed by atoms with van der Waals surface area (Å²) >= 11 is 0. The smallest absolute Gasteiger partial charge is 0.339 e. The van der Waals surface area contributed by atoms with Crippen LogP contribution in [0.25, 0.3) is 22.6 Å². The quantitative estimate of drug-likeness (QED) is 0.493. The van der Waals surface area contributed by atoms with Crippen molar-refractivity contribution in [3.05, 3.63) is 64.8 Å². The number of likely N-dealkylation sites (N-methyl/N-ethyl adjacent to an activating group) is 1. The fraction of sp³-hybridized carbons (Fsp3) is 0.259. The second-order valence-corrected chi connectivity index (χ2v) is 8.42. The Labute approximate surface area is 207 Å². The van der Waals surface area contributed by atoms with Crippen molar-refractivity contribution in [1.29, 1.82) is 0 Å². The van der Waals surface area contributed by atoms with Crippen LogP contribution >= 0.6 is 0 Å². The number of nitrogens with one attached hydrogen (secondary N) is 2. The number of esters is 1. The number of carbonyl (C=O) groups is 3. The molecule has 2 amide bonds. The first-order valence-corrected chi connectivity index (χ1v) is 11.8. The molecule has 9 heteroatoms. The molecular formula is C27H25N3O6. The summed E-state index contributed by atoms with van der Waals surface area (Å²) in [5.41, 5.74) is 4.59. The lowest BCUT2D eigenvalue weighted by Gasteiger charge is -2.12. The zero-order valence-electron chi connectivity index (χ0n) is 19.8. The van der Waals surface area contributed by atoms with Crippen molar-refractivity contribution >= 4 is 40.3 Å². The van der Waals surface area contributed by atoms with E-state index in [4.69, 9.17) is 19.2 Å². The molecule has 36 heavy (non-hydrogen) atoms. The standard InChI is InChI=1S/C27H25N3O6/c1-2-28-23(31)13-29-24(32)14-34-27(33)25-18-5-3-4-6-20(18)30-26-17(8-9-19(25)26)11-16-7-10-21-22(12-16)36-15-35-21/h3-7,10-12H,2,8-9,13-15H2,1H3,(H,28,31)(H,29,32). The van der Waals surface area contributed by atoms with E-state index in [1.165, 1.54) is 0 Å². The first kappa shape index (κ1) is 23.3. The van der Waals surface area contributed by atoms with Gasteiger partial charge in [-0.05, 0) is 60.7 Å². The van der Waals surface area contributed by atoms with Crippen molar-refractivity contribution in [2.45, 2.75) is 19.8 Å². The molecule has 0 bridgehead atoms. The summed E-state index contributed by atoms with van der Waals surface area (Å²) in [7, 11) is 0. The van der Waals surface area contributed by atoms with Gasteiger partial charge in [0.15, 0.2) is 18.1 Å². The molecule has 2 aliphatic rings. The molecule has 5 rings (SSSR count). The van der Waals surface area contributed by atoms with Crippen molar-refractivity contribution in [3.63, 3.8) is 0 Å². The Hall–Kier alpha value is -4.40. The zero-order chi connectivity index (χ0) is 25.1. The van der Waals surface area contributed by atoms with E-state index >= 15 is 0 Å². The van der Waals surface area contributed by atoms with Gasteiger partial charge in [-0.15, -0.1) is 0 Å². The van der Waals surface area contributed by atoms with E-state index in [0.717, 1.165) is 22.4 Å². The third kappa shape index (κ3) is 4.72. The number of fused-ring (bicyclic) bond motifs is 3. The monoisotopic (exact) mass is 487 g/mol. The number of para-hydroxylation sites is 1. The minimum Gasteiger partial charge on any atom is -0.454 e. The molecule has 0 atom stereocenters. The molecule has 2 aromatic carbocycles. The molecule has 0 saturated carbocycles. The topological polar surface area (TPSA) is 116 Å². The largest absolute Gasteiger partial charge is 0.454 e. The normalized spacial score (nSPS) is 14.5. The minimum atomic E-state index is -0.595. The summed E-state index contributed by atoms with van der Waals surface area (Å²) in [5.74, 6) is -0.0378. The van der Waals surface area contributed by atoms with Gasteiger partial charge in [-0.3, -0.25) is 9.59 Å². The molecule has 2 heterocycles. The number of benzene rings is 2. The van der Waals surface area contributed by atoms with Gasteiger partial charge in [-0.1, -0.05) is 24.3 Å². The molecule has 1 aromatic heterocycles. The van der Waals surface area contributed by atoms with Gasteiger partial charge in [-0.25, -0.2) is 9.78 Å². The Kier molecular flexibility index (Phi) is 6.53. The third-order valence-electron chi connectivity index (χ3n) is 6.04. The molecule has 1 aliphatic heterocycles. The number of ether oxygens (including phenoxy) is 3. The first-order chi connectivity index (χ1) is 17.5. The average molecular weight is 488 g/mol. The summed E-state index contributed by atoms with van der Waals surface area (Å²) in [4.78, 5) is 41.7. The number of hydrogen-bond donors (Lipinski definition) is 2. The zero-order valence-corrected chi connectivity index (χ0v) is 19.8. The second kappa shape index (κ2) is 10.1. The van der Waals surface area contributed by atoms with Crippen LogP contribution in [0.3, 0.4) is 0 Å². The summed E-state index contributed by atoms with van der Waals surface area (Å²) in [6.45, 7) is 1.81. The van der Waals surface area contributed by atoms with Crippen LogP contribution in [-0.2, 0) is 20.7 Å². The van der Waals surface area contributed by atoms with Crippen molar-refractivity contribution in [1.82, 2.24) is 15.6 Å². The lowest BCUT2D eigenvalue weighted by Crippen LogP contribution is -2.38. The van der Waals surface area contributed by atoms with Crippen molar-refractivity contribution in [2.24, 2.45) is 0 Å². The number of nitrogens with zero attached hydrogens (tertiary/aromatic N) is 1. The molecule has 0 fully saturated rings. The van der Waals surface area contributed by atoms with Crippen LogP contribution in [0.1, 0.15) is 40.5 Å². The molecule has 2 N–H and O–H groups in total. The molecule has 0 unspecified atom stereocenters. The molecule has 0 saturated heterocycles. The fourth-order valence-corrected chi connectivity index (χ4v) is 4.41. The van der Waals surface area contributed by atoms with Crippen molar-refractivity contribution in [2.75, 3.05) is 26.5 Å². The highest BCUT2D eigenvalue weighted by Crippen LogP contribution is 2.39. The van der Waals surface area contributed by atoms with Gasteiger partial charge in [0.05, 0.1) is 23.3 Å². The number of allylic oxidation sites excluding steroid dienone is 1. The third-order valence-corrected chi connectivity index (χ3v) is 6.04. The lowest BCUT2D eigenvalue weighted by molar-refractivity contribution is -0.127. The van der Waals surface area contributed by atoms with Crippen LogP contribution in [0.4, 0.5) is 0 Å². The Balaban J connectivity index is 1.40. The van der Waals surface area contributed by atoms with Crippen LogP contribution in [0.2, 0.25) is 0 Å². The lowest BCUT2D eigenvalue weighted by atomic mass is 10.0. The van der Waals surface area contributed by atoms with E-state index in [2.05, 4.69) is 10.6 Å². The summed E-state index contributed by atoms with van der Waals surface area (Å²) in [6.07, 6.45) is 3.37. The van der Waals surface area contributed by atoms with E-state index in [1.807, 2.05) is 48.5 Å². The Morgan fingerprint density at radius 2 is 1.86 bits per heavy atom. The number of pyridine rings is 1. The minimum absolute atomic E-state index is 0.175. The number of hydrogen-bond acceptors (Lipinski definition) is 7. The van der Waals surface area contributed by atoms with E-state index in [-0.39, 0.29) is 19.2 Å². The average Bonchev–Trinajstić information content (AvgIpc) is 3.51. The van der Waals surface area contributed by atoms with Crippen LogP contribution in [0, 0.1) is 0 Å². The van der Waals surface area contributed by atoms with Gasteiger partial charge < -0.3 is 24.8 Å². The molecular weight excluding hydrogens is 462 g/mol. The maximum absolute atomic E-state index is 13.2. The van der Waals surface area contributed by atoms with Crippen molar-refractivity contribution in [3.8, 4) is 11.5 Å². The van der Waals surface area contributed by atoms with Gasteiger partial charge >= 0.3 is 5.97 Å². The number of aromatic nitrogens is 1. The first-order valence-electron chi connectivity index (χ1n) is 11.8. The molecule has 184 valence electrons. The van der Waals surface area contributed by atoms with E-state index in [9.17, 15) is 14.4 Å². The summed E-state index contributed by atoms with van der Waals surface area (Å²) < 4.78 is 16.2. The van der Waals surface area contributed by atoms with Gasteiger partial charge in [0.2, 0.25) is 12.7 Å². The highest BCUT2D eigenvalue weighted by atomic mass is 16.7. The fourth-order valence-electron chi connectivity index (χ4n) is 4.41. The number of amides is 2. The summed E-state index contributed by atoms with van der Waals surface area (Å²) in [6, 6.07) is 13.1. The van der Waals surface area contributed by atoms with E-state index < -0.39 is 18.5 Å². The SMILES string of the molecule is CCNC(=O)CNC(=O)COC(=O)c1c2c(nc3ccccc13)C(=Cc1ccc3c(c1)OCO3)CC2.